The molecule has 0 aromatic heterocycles. The molecule has 3 amide bonds. The molecular weight excluding hydrogens is 638 g/mol. The number of carboxylic acids is 1. The number of aryl methyl sites for hydroxylation is 1. The number of carboxylic acid groups (broad SMARTS) is 1. The summed E-state index contributed by atoms with van der Waals surface area (Å²) in [6, 6.07) is 23.8. The zero-order valence-electron chi connectivity index (χ0n) is 26.4. The normalized spacial score (nSPS) is 11.6. The second-order valence-electron chi connectivity index (χ2n) is 10.3. The second-order valence-corrected chi connectivity index (χ2v) is 10.3. The molecule has 4 aromatic carbocycles. The van der Waals surface area contributed by atoms with Gasteiger partial charge < -0.3 is 29.4 Å². The number of anilines is 1. The summed E-state index contributed by atoms with van der Waals surface area (Å²) in [4.78, 5) is 76.9. The van der Waals surface area contributed by atoms with E-state index >= 15 is 0 Å². The first kappa shape index (κ1) is 35.2. The Morgan fingerprint density at radius 1 is 0.592 bits per heavy atom. The lowest BCUT2D eigenvalue weighted by molar-refractivity contribution is -0.159. The van der Waals surface area contributed by atoms with Gasteiger partial charge in [0.05, 0.1) is 25.3 Å². The minimum atomic E-state index is -2.36. The van der Waals surface area contributed by atoms with E-state index in [0.29, 0.717) is 11.3 Å². The number of carbonyl (C=O) groups is 6. The summed E-state index contributed by atoms with van der Waals surface area (Å²) in [5.74, 6) is -6.16. The maximum absolute atomic E-state index is 13.3. The molecule has 0 saturated carbocycles. The molecule has 14 nitrogen and oxygen atoms in total. The molecule has 0 bridgehead atoms. The van der Waals surface area contributed by atoms with E-state index in [2.05, 4.69) is 10.7 Å². The van der Waals surface area contributed by atoms with Gasteiger partial charge in [-0.3, -0.25) is 25.2 Å². The summed E-state index contributed by atoms with van der Waals surface area (Å²) in [5, 5.41) is 12.7. The molecule has 4 N–H and O–H groups in total. The number of carbonyl (C=O) groups excluding carboxylic acids is 5. The lowest BCUT2D eigenvalue weighted by Gasteiger charge is -2.23. The van der Waals surface area contributed by atoms with Crippen LogP contribution < -0.4 is 25.6 Å². The third-order valence-electron chi connectivity index (χ3n) is 6.87. The van der Waals surface area contributed by atoms with Gasteiger partial charge in [-0.2, -0.15) is 0 Å². The van der Waals surface area contributed by atoms with Gasteiger partial charge in [0, 0.05) is 16.8 Å². The smallest absolute Gasteiger partial charge is 0.349 e. The first-order valence-electron chi connectivity index (χ1n) is 14.5. The number of amides is 3. The fourth-order valence-electron chi connectivity index (χ4n) is 4.24. The van der Waals surface area contributed by atoms with E-state index in [4.69, 9.17) is 18.9 Å². The predicted octanol–water partition coefficient (Wildman–Crippen LogP) is 3.56. The van der Waals surface area contributed by atoms with Crippen molar-refractivity contribution in [2.24, 2.45) is 0 Å². The van der Waals surface area contributed by atoms with Crippen LogP contribution in [-0.2, 0) is 19.1 Å². The topological polar surface area (TPSA) is 196 Å². The van der Waals surface area contributed by atoms with Gasteiger partial charge in [-0.05, 0) is 79.7 Å². The van der Waals surface area contributed by atoms with E-state index in [1.165, 1.54) is 87.0 Å². The molecule has 0 fully saturated rings. The lowest BCUT2D eigenvalue weighted by Crippen LogP contribution is -2.54. The Morgan fingerprint density at radius 3 is 1.59 bits per heavy atom. The van der Waals surface area contributed by atoms with Gasteiger partial charge in [0.1, 0.15) is 11.5 Å². The number of benzene rings is 4. The van der Waals surface area contributed by atoms with Crippen molar-refractivity contribution < 1.29 is 52.8 Å². The number of methoxy groups -OCH3 is 2. The van der Waals surface area contributed by atoms with Crippen LogP contribution in [0.25, 0.3) is 0 Å². The van der Waals surface area contributed by atoms with Crippen LogP contribution in [0.2, 0.25) is 0 Å². The van der Waals surface area contributed by atoms with Crippen molar-refractivity contribution in [1.82, 2.24) is 10.9 Å². The monoisotopic (exact) mass is 669 g/mol. The zero-order valence-corrected chi connectivity index (χ0v) is 26.4. The maximum Gasteiger partial charge on any atom is 0.349 e. The van der Waals surface area contributed by atoms with E-state index in [1.54, 1.807) is 24.3 Å². The van der Waals surface area contributed by atoms with E-state index < -0.39 is 41.9 Å². The van der Waals surface area contributed by atoms with Gasteiger partial charge >= 0.3 is 17.9 Å². The van der Waals surface area contributed by atoms with Crippen molar-refractivity contribution in [3.8, 4) is 11.5 Å². The van der Waals surface area contributed by atoms with Gasteiger partial charge in [0.2, 0.25) is 12.2 Å². The second kappa shape index (κ2) is 16.2. The third-order valence-corrected chi connectivity index (χ3v) is 6.87. The SMILES string of the molecule is COc1cccc(C(=O)O[C@H](C(=O)O)[C@@H](OC(=O)c2cccc(OC)c2)C(=O)NNC(=O)c2ccc(NC(=O)c3ccc(C)cc3)cc2)c1. The Kier molecular flexibility index (Phi) is 11.6. The lowest BCUT2D eigenvalue weighted by atomic mass is 10.1. The van der Waals surface area contributed by atoms with Crippen molar-refractivity contribution >= 4 is 41.3 Å². The van der Waals surface area contributed by atoms with Crippen LogP contribution in [0.3, 0.4) is 0 Å². The molecule has 0 aliphatic carbocycles. The first-order valence-corrected chi connectivity index (χ1v) is 14.5. The third kappa shape index (κ3) is 9.42. The zero-order chi connectivity index (χ0) is 35.5. The van der Waals surface area contributed by atoms with E-state index in [0.717, 1.165) is 5.56 Å². The largest absolute Gasteiger partial charge is 0.497 e. The molecule has 0 spiro atoms. The molecule has 4 aromatic rings. The van der Waals surface area contributed by atoms with E-state index in [1.807, 2.05) is 12.3 Å². The quantitative estimate of drug-likeness (QED) is 0.127. The molecule has 4 rings (SSSR count). The number of hydrogen-bond acceptors (Lipinski definition) is 10. The van der Waals surface area contributed by atoms with E-state index in [9.17, 15) is 33.9 Å². The molecular formula is C35H31N3O11. The Hall–Kier alpha value is -6.70. The summed E-state index contributed by atoms with van der Waals surface area (Å²) in [7, 11) is 2.72. The van der Waals surface area contributed by atoms with Crippen molar-refractivity contribution in [2.75, 3.05) is 19.5 Å². The van der Waals surface area contributed by atoms with Crippen LogP contribution in [0, 0.1) is 6.92 Å². The van der Waals surface area contributed by atoms with Crippen molar-refractivity contribution in [3.05, 3.63) is 125 Å². The Labute approximate surface area is 279 Å². The van der Waals surface area contributed by atoms with Gasteiger partial charge in [-0.25, -0.2) is 14.4 Å². The molecule has 14 heteroatoms. The van der Waals surface area contributed by atoms with Crippen LogP contribution in [0.5, 0.6) is 11.5 Å². The first-order chi connectivity index (χ1) is 23.5. The average molecular weight is 670 g/mol. The average Bonchev–Trinajstić information content (AvgIpc) is 3.12. The molecule has 0 radical (unpaired) electrons. The Bertz CT molecular complexity index is 1860. The maximum atomic E-state index is 13.3. The van der Waals surface area contributed by atoms with Gasteiger partial charge in [0.15, 0.2) is 0 Å². The summed E-state index contributed by atoms with van der Waals surface area (Å²) < 4.78 is 20.6. The standard InChI is InChI=1S/C35H31N3O11/c1-20-10-12-21(13-11-20)30(39)36-25-16-14-22(15-17-25)31(40)37-38-32(41)28(48-34(44)23-6-4-8-26(18-23)46-2)29(33(42)43)49-35(45)24-7-5-9-27(19-24)47-3/h4-19,28-29H,1-3H3,(H,36,39)(H,37,40)(H,38,41)(H,42,43)/t28-,29+/m1/s1. The molecule has 0 aliphatic heterocycles. The minimum absolute atomic E-state index is 0.0396. The molecule has 0 aliphatic rings. The van der Waals surface area contributed by atoms with Crippen LogP contribution in [0.1, 0.15) is 47.0 Å². The van der Waals surface area contributed by atoms with Crippen LogP contribution in [0.15, 0.2) is 97.1 Å². The number of esters is 2. The van der Waals surface area contributed by atoms with Crippen LogP contribution in [0.4, 0.5) is 5.69 Å². The number of rotatable bonds is 12. The predicted molar refractivity (Wildman–Crippen MR) is 173 cm³/mol. The minimum Gasteiger partial charge on any atom is -0.497 e. The van der Waals surface area contributed by atoms with E-state index in [-0.39, 0.29) is 34.1 Å². The Morgan fingerprint density at radius 2 is 1.08 bits per heavy atom. The summed E-state index contributed by atoms with van der Waals surface area (Å²) in [6.45, 7) is 1.89. The highest BCUT2D eigenvalue weighted by atomic mass is 16.6. The van der Waals surface area contributed by atoms with Crippen LogP contribution >= 0.6 is 0 Å². The molecule has 2 atom stereocenters. The highest BCUT2D eigenvalue weighted by Gasteiger charge is 2.41. The summed E-state index contributed by atoms with van der Waals surface area (Å²) >= 11 is 0. The van der Waals surface area contributed by atoms with Crippen LogP contribution in [-0.4, -0.2) is 67.2 Å². The summed E-state index contributed by atoms with van der Waals surface area (Å²) in [5.41, 5.74) is 5.75. The highest BCUT2D eigenvalue weighted by Crippen LogP contribution is 2.19. The number of hydrazine groups is 1. The number of nitrogens with one attached hydrogen (secondary N) is 3. The fraction of sp³-hybridized carbons (Fsp3) is 0.143. The van der Waals surface area contributed by atoms with Gasteiger partial charge in [-0.1, -0.05) is 29.8 Å². The number of ether oxygens (including phenoxy) is 4. The van der Waals surface area contributed by atoms with Crippen molar-refractivity contribution in [2.45, 2.75) is 19.1 Å². The molecule has 0 unspecified atom stereocenters. The molecule has 0 saturated heterocycles. The molecule has 49 heavy (non-hydrogen) atoms. The Balaban J connectivity index is 1.49. The van der Waals surface area contributed by atoms with Gasteiger partial charge in [-0.15, -0.1) is 0 Å². The fourth-order valence-corrected chi connectivity index (χ4v) is 4.24. The van der Waals surface area contributed by atoms with Gasteiger partial charge in [0.25, 0.3) is 17.7 Å². The summed E-state index contributed by atoms with van der Waals surface area (Å²) in [6.07, 6.45) is -4.65. The number of hydrogen-bond donors (Lipinski definition) is 4. The molecule has 252 valence electrons. The van der Waals surface area contributed by atoms with Crippen molar-refractivity contribution in [1.29, 1.82) is 0 Å². The van der Waals surface area contributed by atoms with Crippen molar-refractivity contribution in [3.63, 3.8) is 0 Å². The molecule has 0 heterocycles. The highest BCUT2D eigenvalue weighted by molar-refractivity contribution is 6.05. The number of aliphatic carboxylic acids is 1.